The Balaban J connectivity index is 1.85. The molecule has 1 aromatic heterocycles. The Morgan fingerprint density at radius 2 is 2.00 bits per heavy atom. The van der Waals surface area contributed by atoms with Crippen LogP contribution in [-0.4, -0.2) is 28.9 Å². The largest absolute Gasteiger partial charge is 0.351 e. The zero-order valence-corrected chi connectivity index (χ0v) is 10.7. The van der Waals surface area contributed by atoms with Crippen LogP contribution >= 0.6 is 0 Å². The molecule has 0 aromatic carbocycles. The maximum Gasteiger partial charge on any atom is 0.161 e. The molecule has 4 heteroatoms. The Morgan fingerprint density at radius 3 is 2.50 bits per heavy atom. The predicted molar refractivity (Wildman–Crippen MR) is 70.7 cm³/mol. The second-order valence-corrected chi connectivity index (χ2v) is 5.49. The van der Waals surface area contributed by atoms with E-state index >= 15 is 0 Å². The van der Waals surface area contributed by atoms with Crippen molar-refractivity contribution in [2.75, 3.05) is 4.90 Å². The maximum atomic E-state index is 11.2. The van der Waals surface area contributed by atoms with Crippen LogP contribution in [0.1, 0.15) is 43.0 Å². The van der Waals surface area contributed by atoms with E-state index in [1.807, 2.05) is 12.1 Å². The van der Waals surface area contributed by atoms with Gasteiger partial charge in [0.15, 0.2) is 5.78 Å². The average molecular weight is 245 g/mol. The Hall–Kier alpha value is -1.42. The van der Waals surface area contributed by atoms with Gasteiger partial charge in [-0.1, -0.05) is 0 Å². The minimum atomic E-state index is 0.0673. The van der Waals surface area contributed by atoms with Crippen LogP contribution in [0.4, 0.5) is 5.82 Å². The van der Waals surface area contributed by atoms with Crippen molar-refractivity contribution < 1.29 is 4.79 Å². The van der Waals surface area contributed by atoms with Crippen LogP contribution < -0.4 is 10.6 Å². The number of aromatic nitrogens is 1. The van der Waals surface area contributed by atoms with Crippen molar-refractivity contribution in [1.82, 2.24) is 4.98 Å². The van der Waals surface area contributed by atoms with Gasteiger partial charge in [0, 0.05) is 29.9 Å². The lowest BCUT2D eigenvalue weighted by Gasteiger charge is -2.38. The van der Waals surface area contributed by atoms with Gasteiger partial charge in [-0.25, -0.2) is 4.98 Å². The van der Waals surface area contributed by atoms with Gasteiger partial charge in [-0.2, -0.15) is 0 Å². The summed E-state index contributed by atoms with van der Waals surface area (Å²) in [6.45, 7) is 1.57. The zero-order chi connectivity index (χ0) is 12.7. The highest BCUT2D eigenvalue weighted by Crippen LogP contribution is 2.37. The van der Waals surface area contributed by atoms with E-state index in [1.54, 1.807) is 13.1 Å². The first-order valence-electron chi connectivity index (χ1n) is 6.66. The Morgan fingerprint density at radius 1 is 1.33 bits per heavy atom. The number of fused-ring (bicyclic) bond motifs is 2. The Labute approximate surface area is 107 Å². The molecule has 96 valence electrons. The van der Waals surface area contributed by atoms with Gasteiger partial charge >= 0.3 is 0 Å². The van der Waals surface area contributed by atoms with Crippen molar-refractivity contribution in [3.05, 3.63) is 23.9 Å². The van der Waals surface area contributed by atoms with Crippen LogP contribution in [-0.2, 0) is 0 Å². The monoisotopic (exact) mass is 245 g/mol. The van der Waals surface area contributed by atoms with E-state index in [4.69, 9.17) is 5.73 Å². The van der Waals surface area contributed by atoms with Crippen LogP contribution in [0.25, 0.3) is 0 Å². The lowest BCUT2D eigenvalue weighted by molar-refractivity contribution is 0.101. The van der Waals surface area contributed by atoms with Crippen LogP contribution in [0.15, 0.2) is 18.3 Å². The lowest BCUT2D eigenvalue weighted by Crippen LogP contribution is -2.47. The summed E-state index contributed by atoms with van der Waals surface area (Å²) in [6, 6.07) is 5.26. The number of ketones is 1. The van der Waals surface area contributed by atoms with E-state index in [0.717, 1.165) is 18.7 Å². The third-order valence-corrected chi connectivity index (χ3v) is 4.19. The number of rotatable bonds is 2. The van der Waals surface area contributed by atoms with Crippen molar-refractivity contribution in [3.8, 4) is 0 Å². The smallest absolute Gasteiger partial charge is 0.161 e. The molecule has 2 bridgehead atoms. The summed E-state index contributed by atoms with van der Waals surface area (Å²) >= 11 is 0. The van der Waals surface area contributed by atoms with Gasteiger partial charge in [0.25, 0.3) is 0 Å². The van der Waals surface area contributed by atoms with Crippen molar-refractivity contribution in [1.29, 1.82) is 0 Å². The number of piperidine rings is 1. The first-order chi connectivity index (χ1) is 8.65. The van der Waals surface area contributed by atoms with Gasteiger partial charge in [0.1, 0.15) is 5.82 Å². The van der Waals surface area contributed by atoms with Gasteiger partial charge in [-0.15, -0.1) is 0 Å². The number of Topliss-reactive ketones (excluding diaryl/α,β-unsaturated/α-hetero) is 1. The van der Waals surface area contributed by atoms with Gasteiger partial charge in [0.2, 0.25) is 0 Å². The number of hydrogen-bond acceptors (Lipinski definition) is 4. The van der Waals surface area contributed by atoms with E-state index in [1.165, 1.54) is 12.8 Å². The topological polar surface area (TPSA) is 59.2 Å². The highest BCUT2D eigenvalue weighted by Gasteiger charge is 2.40. The maximum absolute atomic E-state index is 11.2. The van der Waals surface area contributed by atoms with E-state index in [0.29, 0.717) is 23.7 Å². The molecule has 2 unspecified atom stereocenters. The predicted octanol–water partition coefficient (Wildman–Crippen LogP) is 1.74. The molecule has 2 N–H and O–H groups in total. The van der Waals surface area contributed by atoms with Gasteiger partial charge < -0.3 is 10.6 Å². The van der Waals surface area contributed by atoms with Crippen LogP contribution in [0, 0.1) is 0 Å². The minimum absolute atomic E-state index is 0.0673. The fraction of sp³-hybridized carbons (Fsp3) is 0.571. The first kappa shape index (κ1) is 11.7. The fourth-order valence-corrected chi connectivity index (χ4v) is 3.34. The zero-order valence-electron chi connectivity index (χ0n) is 10.7. The summed E-state index contributed by atoms with van der Waals surface area (Å²) in [5.41, 5.74) is 6.75. The van der Waals surface area contributed by atoms with E-state index in [-0.39, 0.29) is 5.78 Å². The van der Waals surface area contributed by atoms with Crippen LogP contribution in [0.2, 0.25) is 0 Å². The summed E-state index contributed by atoms with van der Waals surface area (Å²) in [7, 11) is 0. The molecule has 2 fully saturated rings. The lowest BCUT2D eigenvalue weighted by atomic mass is 9.98. The van der Waals surface area contributed by atoms with E-state index in [9.17, 15) is 4.79 Å². The SMILES string of the molecule is CC(=O)c1ccc(N2C3CCC2CC(N)C3)nc1. The number of nitrogens with two attached hydrogens (primary N) is 1. The number of anilines is 1. The third kappa shape index (κ3) is 1.90. The number of pyridine rings is 1. The highest BCUT2D eigenvalue weighted by molar-refractivity contribution is 5.93. The molecular weight excluding hydrogens is 226 g/mol. The molecule has 0 aliphatic carbocycles. The quantitative estimate of drug-likeness (QED) is 0.806. The Kier molecular flexibility index (Phi) is 2.82. The summed E-state index contributed by atoms with van der Waals surface area (Å²) < 4.78 is 0. The second kappa shape index (κ2) is 4.35. The molecule has 2 aliphatic rings. The van der Waals surface area contributed by atoms with Gasteiger partial charge in [-0.05, 0) is 44.7 Å². The summed E-state index contributed by atoms with van der Waals surface area (Å²) in [4.78, 5) is 18.1. The fourth-order valence-electron chi connectivity index (χ4n) is 3.34. The van der Waals surface area contributed by atoms with Crippen LogP contribution in [0.3, 0.4) is 0 Å². The third-order valence-electron chi connectivity index (χ3n) is 4.19. The molecule has 18 heavy (non-hydrogen) atoms. The number of nitrogens with zero attached hydrogens (tertiary/aromatic N) is 2. The van der Waals surface area contributed by atoms with Gasteiger partial charge in [-0.3, -0.25) is 4.79 Å². The Bertz CT molecular complexity index is 443. The van der Waals surface area contributed by atoms with Crippen LogP contribution in [0.5, 0.6) is 0 Å². The van der Waals surface area contributed by atoms with Crippen molar-refractivity contribution in [2.45, 2.75) is 50.7 Å². The first-order valence-corrected chi connectivity index (χ1v) is 6.66. The molecule has 3 rings (SSSR count). The normalized spacial score (nSPS) is 30.6. The molecule has 3 heterocycles. The van der Waals surface area contributed by atoms with E-state index < -0.39 is 0 Å². The molecule has 2 atom stereocenters. The molecule has 1 aromatic rings. The number of carbonyl (C=O) groups is 1. The standard InChI is InChI=1S/C14H19N3O/c1-9(18)10-2-5-14(16-8-10)17-12-3-4-13(17)7-11(15)6-12/h2,5,8,11-13H,3-4,6-7,15H2,1H3. The summed E-state index contributed by atoms with van der Waals surface area (Å²) in [5, 5.41) is 0. The molecule has 0 amide bonds. The number of hydrogen-bond donors (Lipinski definition) is 1. The van der Waals surface area contributed by atoms with E-state index in [2.05, 4.69) is 9.88 Å². The summed E-state index contributed by atoms with van der Waals surface area (Å²) in [5.74, 6) is 1.07. The molecule has 0 radical (unpaired) electrons. The van der Waals surface area contributed by atoms with Crippen molar-refractivity contribution >= 4 is 11.6 Å². The van der Waals surface area contributed by atoms with Crippen molar-refractivity contribution in [3.63, 3.8) is 0 Å². The number of carbonyl (C=O) groups excluding carboxylic acids is 1. The molecule has 2 aliphatic heterocycles. The average Bonchev–Trinajstić information content (AvgIpc) is 2.62. The molecule has 0 saturated carbocycles. The van der Waals surface area contributed by atoms with Crippen molar-refractivity contribution in [2.24, 2.45) is 5.73 Å². The molecule has 4 nitrogen and oxygen atoms in total. The second-order valence-electron chi connectivity index (χ2n) is 5.49. The molecule has 2 saturated heterocycles. The summed E-state index contributed by atoms with van der Waals surface area (Å²) in [6.07, 6.45) is 6.24. The molecule has 0 spiro atoms. The highest BCUT2D eigenvalue weighted by atomic mass is 16.1. The minimum Gasteiger partial charge on any atom is -0.351 e. The van der Waals surface area contributed by atoms with Gasteiger partial charge in [0.05, 0.1) is 0 Å². The molecular formula is C14H19N3O.